The van der Waals surface area contributed by atoms with Crippen LogP contribution in [0.4, 0.5) is 0 Å². The summed E-state index contributed by atoms with van der Waals surface area (Å²) in [5, 5.41) is 4.81. The molecule has 0 aliphatic rings. The van der Waals surface area contributed by atoms with Gasteiger partial charge in [0.1, 0.15) is 5.75 Å². The van der Waals surface area contributed by atoms with Crippen molar-refractivity contribution in [2.75, 3.05) is 7.11 Å². The maximum absolute atomic E-state index is 5.37. The highest BCUT2D eigenvalue weighted by Crippen LogP contribution is 2.30. The molecule has 2 heteroatoms. The summed E-state index contributed by atoms with van der Waals surface area (Å²) in [6.45, 7) is 0. The first-order valence-electron chi connectivity index (χ1n) is 12.1. The topological polar surface area (TPSA) is 14.2 Å². The average molecular weight is 474 g/mol. The van der Waals surface area contributed by atoms with Crippen molar-refractivity contribution in [1.82, 2.24) is 4.57 Å². The zero-order valence-corrected chi connectivity index (χ0v) is 20.4. The Morgan fingerprint density at radius 1 is 0.568 bits per heavy atom. The lowest BCUT2D eigenvalue weighted by Crippen LogP contribution is -2.00. The smallest absolute Gasteiger partial charge is 0.119 e. The van der Waals surface area contributed by atoms with Crippen molar-refractivity contribution in [3.63, 3.8) is 0 Å². The van der Waals surface area contributed by atoms with Gasteiger partial charge in [-0.25, -0.2) is 0 Å². The van der Waals surface area contributed by atoms with Crippen LogP contribution < -0.4 is 4.74 Å². The second-order valence-corrected chi connectivity index (χ2v) is 8.76. The van der Waals surface area contributed by atoms with E-state index in [4.69, 9.17) is 4.74 Å². The van der Waals surface area contributed by atoms with Gasteiger partial charge in [0, 0.05) is 11.3 Å². The Hall–Kier alpha value is -5.18. The van der Waals surface area contributed by atoms with Crippen LogP contribution in [0.25, 0.3) is 38.5 Å². The van der Waals surface area contributed by atoms with Crippen molar-refractivity contribution >= 4 is 21.5 Å². The number of hydrogen-bond acceptors (Lipinski definition) is 1. The van der Waals surface area contributed by atoms with Gasteiger partial charge >= 0.3 is 0 Å². The quantitative estimate of drug-likeness (QED) is 0.239. The molecule has 6 rings (SSSR count). The number of nitrogens with zero attached hydrogens (tertiary/aromatic N) is 1. The maximum Gasteiger partial charge on any atom is 0.119 e. The predicted octanol–water partition coefficient (Wildman–Crippen LogP) is 7.86. The molecule has 5 aromatic carbocycles. The van der Waals surface area contributed by atoms with Crippen LogP contribution in [0.5, 0.6) is 5.75 Å². The molecular formula is C35H23NO. The molecule has 0 atom stereocenters. The largest absolute Gasteiger partial charge is 0.497 e. The van der Waals surface area contributed by atoms with E-state index in [-0.39, 0.29) is 0 Å². The van der Waals surface area contributed by atoms with Gasteiger partial charge in [-0.1, -0.05) is 72.7 Å². The van der Waals surface area contributed by atoms with Crippen LogP contribution in [0.3, 0.4) is 0 Å². The molecule has 0 radical (unpaired) electrons. The fraction of sp³-hybridized carbons (Fsp3) is 0.0286. The van der Waals surface area contributed by atoms with Crippen molar-refractivity contribution in [1.29, 1.82) is 0 Å². The monoisotopic (exact) mass is 473 g/mol. The second kappa shape index (κ2) is 9.82. The Morgan fingerprint density at radius 3 is 1.95 bits per heavy atom. The van der Waals surface area contributed by atoms with E-state index < -0.39 is 0 Å². The Labute approximate surface area is 216 Å². The number of fused-ring (bicyclic) bond motifs is 2. The van der Waals surface area contributed by atoms with Gasteiger partial charge in [-0.3, -0.25) is 0 Å². The molecular weight excluding hydrogens is 450 g/mol. The molecule has 0 aliphatic carbocycles. The van der Waals surface area contributed by atoms with E-state index in [0.717, 1.165) is 34.0 Å². The van der Waals surface area contributed by atoms with E-state index in [1.54, 1.807) is 7.11 Å². The first-order valence-corrected chi connectivity index (χ1v) is 12.1. The van der Waals surface area contributed by atoms with Gasteiger partial charge in [-0.05, 0) is 99.5 Å². The fourth-order valence-electron chi connectivity index (χ4n) is 4.58. The summed E-state index contributed by atoms with van der Waals surface area (Å²) < 4.78 is 7.55. The molecule has 0 N–H and O–H groups in total. The highest BCUT2D eigenvalue weighted by Gasteiger charge is 2.12. The first kappa shape index (κ1) is 22.3. The molecule has 174 valence electrons. The predicted molar refractivity (Wildman–Crippen MR) is 153 cm³/mol. The number of rotatable bonds is 3. The van der Waals surface area contributed by atoms with E-state index in [2.05, 4.69) is 119 Å². The van der Waals surface area contributed by atoms with E-state index in [1.807, 2.05) is 30.3 Å². The molecule has 0 aliphatic heterocycles. The summed E-state index contributed by atoms with van der Waals surface area (Å²) in [5.41, 5.74) is 5.05. The summed E-state index contributed by atoms with van der Waals surface area (Å²) in [4.78, 5) is 0. The Balaban J connectivity index is 1.40. The molecule has 1 heterocycles. The van der Waals surface area contributed by atoms with Gasteiger partial charge < -0.3 is 9.30 Å². The van der Waals surface area contributed by atoms with Crippen molar-refractivity contribution in [3.05, 3.63) is 133 Å². The zero-order chi connectivity index (χ0) is 25.0. The number of hydrogen-bond donors (Lipinski definition) is 0. The Bertz CT molecular complexity index is 1870. The van der Waals surface area contributed by atoms with Crippen LogP contribution in [-0.4, -0.2) is 11.7 Å². The van der Waals surface area contributed by atoms with Gasteiger partial charge in [0.05, 0.1) is 18.5 Å². The molecule has 1 aromatic heterocycles. The summed E-state index contributed by atoms with van der Waals surface area (Å²) in [7, 11) is 1.68. The second-order valence-electron chi connectivity index (χ2n) is 8.76. The van der Waals surface area contributed by atoms with Crippen molar-refractivity contribution in [2.45, 2.75) is 0 Å². The summed E-state index contributed by atoms with van der Waals surface area (Å²) in [6, 6.07) is 41.7. The minimum atomic E-state index is 0.817. The lowest BCUT2D eigenvalue weighted by molar-refractivity contribution is 0.415. The fourth-order valence-corrected chi connectivity index (χ4v) is 4.58. The van der Waals surface area contributed by atoms with Gasteiger partial charge in [0.15, 0.2) is 0 Å². The number of aromatic nitrogens is 1. The average Bonchev–Trinajstić information content (AvgIpc) is 3.39. The van der Waals surface area contributed by atoms with Crippen LogP contribution in [0.15, 0.2) is 121 Å². The Kier molecular flexibility index (Phi) is 5.92. The standard InChI is InChI=1S/C35H23NO/c1-37-34-21-18-33(19-22-34)36-32(13-7-2-8-26-14-15-27-9-3-5-11-29(27)24-26)20-23-35(36)31-17-16-28-10-4-6-12-30(28)25-31/h3-6,9-12,14-25H,1H3. The Morgan fingerprint density at radius 2 is 1.22 bits per heavy atom. The lowest BCUT2D eigenvalue weighted by Gasteiger charge is -2.13. The third-order valence-corrected chi connectivity index (χ3v) is 6.47. The van der Waals surface area contributed by atoms with Crippen LogP contribution in [0, 0.1) is 23.7 Å². The minimum Gasteiger partial charge on any atom is -0.497 e. The van der Waals surface area contributed by atoms with E-state index in [0.29, 0.717) is 0 Å². The van der Waals surface area contributed by atoms with Crippen LogP contribution >= 0.6 is 0 Å². The molecule has 0 amide bonds. The molecule has 0 spiro atoms. The SMILES string of the molecule is COc1ccc(-n2c(C#CC#Cc3ccc4ccccc4c3)ccc2-c2ccc3ccccc3c2)cc1. The van der Waals surface area contributed by atoms with Gasteiger partial charge in [-0.15, -0.1) is 0 Å². The zero-order valence-electron chi connectivity index (χ0n) is 20.4. The normalized spacial score (nSPS) is 10.4. The molecule has 0 bridgehead atoms. The number of ether oxygens (including phenoxy) is 1. The molecule has 0 fully saturated rings. The number of benzene rings is 5. The summed E-state index contributed by atoms with van der Waals surface area (Å²) in [6.07, 6.45) is 0. The maximum atomic E-state index is 5.37. The molecule has 37 heavy (non-hydrogen) atoms. The third kappa shape index (κ3) is 4.57. The minimum absolute atomic E-state index is 0.817. The highest BCUT2D eigenvalue weighted by molar-refractivity contribution is 5.87. The summed E-state index contributed by atoms with van der Waals surface area (Å²) >= 11 is 0. The van der Waals surface area contributed by atoms with Crippen molar-refractivity contribution in [2.24, 2.45) is 0 Å². The van der Waals surface area contributed by atoms with Crippen LogP contribution in [0.1, 0.15) is 11.3 Å². The third-order valence-electron chi connectivity index (χ3n) is 6.47. The van der Waals surface area contributed by atoms with E-state index in [1.165, 1.54) is 21.5 Å². The van der Waals surface area contributed by atoms with Crippen molar-refractivity contribution < 1.29 is 4.74 Å². The molecule has 6 aromatic rings. The van der Waals surface area contributed by atoms with Crippen LogP contribution in [-0.2, 0) is 0 Å². The molecule has 2 nitrogen and oxygen atoms in total. The van der Waals surface area contributed by atoms with Gasteiger partial charge in [0.25, 0.3) is 0 Å². The first-order chi connectivity index (χ1) is 18.3. The van der Waals surface area contributed by atoms with Gasteiger partial charge in [0.2, 0.25) is 0 Å². The van der Waals surface area contributed by atoms with E-state index >= 15 is 0 Å². The number of methoxy groups -OCH3 is 1. The van der Waals surface area contributed by atoms with E-state index in [9.17, 15) is 0 Å². The molecule has 0 unspecified atom stereocenters. The van der Waals surface area contributed by atoms with Crippen LogP contribution in [0.2, 0.25) is 0 Å². The molecule has 0 saturated heterocycles. The van der Waals surface area contributed by atoms with Crippen molar-refractivity contribution in [3.8, 4) is 46.4 Å². The lowest BCUT2D eigenvalue weighted by atomic mass is 10.1. The molecule has 0 saturated carbocycles. The highest BCUT2D eigenvalue weighted by atomic mass is 16.5. The summed E-state index contributed by atoms with van der Waals surface area (Å²) in [5.74, 6) is 13.4. The van der Waals surface area contributed by atoms with Gasteiger partial charge in [-0.2, -0.15) is 0 Å².